The Morgan fingerprint density at radius 2 is 1.83 bits per heavy atom. The van der Waals surface area contributed by atoms with Crippen molar-refractivity contribution in [3.05, 3.63) is 94.3 Å². The smallest absolute Gasteiger partial charge is 0.272 e. The quantitative estimate of drug-likeness (QED) is 0.238. The number of nitrogens with one attached hydrogen (secondary N) is 1. The summed E-state index contributed by atoms with van der Waals surface area (Å²) >= 11 is 0.822. The van der Waals surface area contributed by atoms with Crippen LogP contribution in [0.15, 0.2) is 59.8 Å². The van der Waals surface area contributed by atoms with Crippen LogP contribution in [-0.2, 0) is 29.7 Å². The molecule has 1 aromatic heterocycles. The largest absolute Gasteiger partial charge is 0.497 e. The minimum atomic E-state index is -4.71. The van der Waals surface area contributed by atoms with Crippen molar-refractivity contribution in [2.24, 2.45) is 0 Å². The first-order chi connectivity index (χ1) is 19.7. The van der Waals surface area contributed by atoms with Gasteiger partial charge in [-0.15, -0.1) is 0 Å². The topological polar surface area (TPSA) is 87.7 Å². The molecule has 0 spiro atoms. The van der Waals surface area contributed by atoms with Gasteiger partial charge in [-0.05, 0) is 73.8 Å². The summed E-state index contributed by atoms with van der Waals surface area (Å²) in [5, 5.41) is 3.11. The van der Waals surface area contributed by atoms with Crippen molar-refractivity contribution in [3.8, 4) is 5.75 Å². The molecule has 0 unspecified atom stereocenters. The van der Waals surface area contributed by atoms with Crippen LogP contribution in [0.1, 0.15) is 34.2 Å². The first-order valence-electron chi connectivity index (χ1n) is 13.1. The maximum atomic E-state index is 15.8. The van der Waals surface area contributed by atoms with Gasteiger partial charge in [-0.25, -0.2) is 26.5 Å². The van der Waals surface area contributed by atoms with Gasteiger partial charge in [-0.1, -0.05) is 30.3 Å². The summed E-state index contributed by atoms with van der Waals surface area (Å²) in [7, 11) is -3.18. The van der Waals surface area contributed by atoms with Crippen LogP contribution in [0.3, 0.4) is 0 Å². The molecule has 41 heavy (non-hydrogen) atoms. The predicted octanol–water partition coefficient (Wildman–Crippen LogP) is 5.66. The minimum absolute atomic E-state index is 0.00215. The fourth-order valence-electron chi connectivity index (χ4n) is 4.74. The molecule has 12 heteroatoms. The lowest BCUT2D eigenvalue weighted by molar-refractivity contribution is 0.172. The summed E-state index contributed by atoms with van der Waals surface area (Å²) in [6.07, 6.45) is 2.39. The van der Waals surface area contributed by atoms with Gasteiger partial charge in [0.05, 0.1) is 13.7 Å². The lowest BCUT2D eigenvalue weighted by atomic mass is 10.0. The third-order valence-corrected chi connectivity index (χ3v) is 9.90. The number of benzene rings is 3. The number of aromatic nitrogens is 2. The second kappa shape index (κ2) is 12.1. The van der Waals surface area contributed by atoms with Gasteiger partial charge in [0, 0.05) is 35.9 Å². The van der Waals surface area contributed by atoms with Crippen LogP contribution in [0.5, 0.6) is 5.75 Å². The van der Waals surface area contributed by atoms with Gasteiger partial charge in [-0.2, -0.15) is 4.37 Å². The maximum absolute atomic E-state index is 15.8. The first kappa shape index (κ1) is 28.9. The van der Waals surface area contributed by atoms with Crippen LogP contribution in [0.25, 0.3) is 0 Å². The number of ether oxygens (including phenoxy) is 1. The Morgan fingerprint density at radius 1 is 1.07 bits per heavy atom. The number of likely N-dealkylation sites (tertiary alicyclic amines) is 1. The molecule has 0 bridgehead atoms. The van der Waals surface area contributed by atoms with E-state index >= 15 is 8.78 Å². The highest BCUT2D eigenvalue weighted by atomic mass is 32.2. The van der Waals surface area contributed by atoms with E-state index in [4.69, 9.17) is 4.74 Å². The van der Waals surface area contributed by atoms with Gasteiger partial charge in [0.2, 0.25) is 5.13 Å². The molecule has 0 atom stereocenters. The number of nitrogens with zero attached hydrogens (tertiary/aromatic N) is 4. The normalized spacial score (nSPS) is 13.6. The molecule has 3 aromatic carbocycles. The fourth-order valence-corrected chi connectivity index (χ4v) is 7.04. The maximum Gasteiger partial charge on any atom is 0.272 e. The zero-order valence-corrected chi connectivity index (χ0v) is 24.7. The molecule has 216 valence electrons. The number of hydrogen-bond acceptors (Lipinski definition) is 8. The number of halogens is 2. The summed E-state index contributed by atoms with van der Waals surface area (Å²) in [6.45, 7) is 6.30. The summed E-state index contributed by atoms with van der Waals surface area (Å²) in [5.41, 5.74) is 3.71. The van der Waals surface area contributed by atoms with Crippen molar-refractivity contribution in [1.82, 2.24) is 14.3 Å². The van der Waals surface area contributed by atoms with Crippen LogP contribution in [0.4, 0.5) is 19.6 Å². The summed E-state index contributed by atoms with van der Waals surface area (Å²) < 4.78 is 69.2. The molecular weight excluding hydrogens is 568 g/mol. The molecule has 0 aliphatic carbocycles. The van der Waals surface area contributed by atoms with Gasteiger partial charge in [0.15, 0.2) is 10.7 Å². The molecule has 0 amide bonds. The first-order valence-corrected chi connectivity index (χ1v) is 15.3. The van der Waals surface area contributed by atoms with E-state index in [1.807, 2.05) is 24.3 Å². The van der Waals surface area contributed by atoms with Crippen LogP contribution >= 0.6 is 11.5 Å². The average Bonchev–Trinajstić information content (AvgIpc) is 3.46. The van der Waals surface area contributed by atoms with E-state index in [0.717, 1.165) is 58.2 Å². The van der Waals surface area contributed by atoms with Crippen molar-refractivity contribution < 1.29 is 21.9 Å². The van der Waals surface area contributed by atoms with E-state index in [0.29, 0.717) is 17.9 Å². The molecule has 1 aliphatic heterocycles. The van der Waals surface area contributed by atoms with Crippen molar-refractivity contribution in [2.45, 2.75) is 44.8 Å². The fraction of sp³-hybridized carbons (Fsp3) is 0.310. The minimum Gasteiger partial charge on any atom is -0.497 e. The standard InChI is InChI=1S/C29H31F2N5O3S2/c1-19-13-24(39-3)10-9-22(19)17-36(29-33-18-34-40-29)41(37,38)28-25(30)14-26(20(2)27(28)31)32-15-21-7-4-5-8-23(21)16-35-11-6-12-35/h4-5,7-10,13-14,18,32H,6,11-12,15-17H2,1-3H3. The van der Waals surface area contributed by atoms with Crippen molar-refractivity contribution in [2.75, 3.05) is 29.8 Å². The molecule has 1 aliphatic rings. The summed E-state index contributed by atoms with van der Waals surface area (Å²) in [4.78, 5) is 5.34. The van der Waals surface area contributed by atoms with Crippen LogP contribution in [0.2, 0.25) is 0 Å². The molecule has 0 saturated carbocycles. The monoisotopic (exact) mass is 599 g/mol. The molecule has 1 saturated heterocycles. The molecule has 1 fully saturated rings. The van der Waals surface area contributed by atoms with E-state index < -0.39 is 26.6 Å². The Morgan fingerprint density at radius 3 is 2.46 bits per heavy atom. The number of anilines is 2. The Balaban J connectivity index is 1.45. The van der Waals surface area contributed by atoms with E-state index in [2.05, 4.69) is 19.6 Å². The highest BCUT2D eigenvalue weighted by Crippen LogP contribution is 2.34. The van der Waals surface area contributed by atoms with Crippen LogP contribution < -0.4 is 14.4 Å². The molecular formula is C29H31F2N5O3S2. The van der Waals surface area contributed by atoms with Crippen LogP contribution in [-0.4, -0.2) is 42.9 Å². The Labute approximate surface area is 242 Å². The highest BCUT2D eigenvalue weighted by molar-refractivity contribution is 7.93. The van der Waals surface area contributed by atoms with E-state index in [9.17, 15) is 8.42 Å². The SMILES string of the molecule is COc1ccc(CN(c2ncns2)S(=O)(=O)c2c(F)cc(NCc3ccccc3CN3CCC3)c(C)c2F)c(C)c1. The number of hydrogen-bond donors (Lipinski definition) is 1. The van der Waals surface area contributed by atoms with Gasteiger partial charge < -0.3 is 10.1 Å². The molecule has 5 rings (SSSR count). The third-order valence-electron chi connectivity index (χ3n) is 7.33. The molecule has 0 radical (unpaired) electrons. The van der Waals surface area contributed by atoms with Crippen molar-refractivity contribution in [1.29, 1.82) is 0 Å². The average molecular weight is 600 g/mol. The Hall–Kier alpha value is -3.61. The zero-order chi connectivity index (χ0) is 29.1. The van der Waals surface area contributed by atoms with E-state index in [-0.39, 0.29) is 22.9 Å². The third kappa shape index (κ3) is 6.04. The van der Waals surface area contributed by atoms with Crippen LogP contribution in [0, 0.1) is 25.5 Å². The van der Waals surface area contributed by atoms with Gasteiger partial charge in [0.25, 0.3) is 10.0 Å². The lowest BCUT2D eigenvalue weighted by Crippen LogP contribution is -2.36. The van der Waals surface area contributed by atoms with E-state index in [1.165, 1.54) is 26.8 Å². The summed E-state index contributed by atoms with van der Waals surface area (Å²) in [6, 6.07) is 14.1. The second-order valence-corrected chi connectivity index (χ2v) is 12.5. The number of rotatable bonds is 11. The Bertz CT molecular complexity index is 1640. The number of methoxy groups -OCH3 is 1. The highest BCUT2D eigenvalue weighted by Gasteiger charge is 2.35. The number of aryl methyl sites for hydroxylation is 1. The predicted molar refractivity (Wildman–Crippen MR) is 156 cm³/mol. The number of sulfonamides is 1. The Kier molecular flexibility index (Phi) is 8.52. The van der Waals surface area contributed by atoms with Gasteiger partial charge in [-0.3, -0.25) is 4.90 Å². The second-order valence-electron chi connectivity index (χ2n) is 9.95. The van der Waals surface area contributed by atoms with Crippen molar-refractivity contribution in [3.63, 3.8) is 0 Å². The van der Waals surface area contributed by atoms with Gasteiger partial charge in [0.1, 0.15) is 17.9 Å². The van der Waals surface area contributed by atoms with E-state index in [1.54, 1.807) is 25.1 Å². The molecule has 2 heterocycles. The lowest BCUT2D eigenvalue weighted by Gasteiger charge is -2.31. The molecule has 1 N–H and O–H groups in total. The zero-order valence-electron chi connectivity index (χ0n) is 23.0. The molecule has 8 nitrogen and oxygen atoms in total. The van der Waals surface area contributed by atoms with Gasteiger partial charge >= 0.3 is 0 Å². The van der Waals surface area contributed by atoms with Crippen molar-refractivity contribution >= 4 is 32.4 Å². The molecule has 4 aromatic rings. The summed E-state index contributed by atoms with van der Waals surface area (Å²) in [5.74, 6) is -1.73.